The molecular weight excluding hydrogens is 220 g/mol. The molecule has 0 aromatic rings. The van der Waals surface area contributed by atoms with E-state index in [4.69, 9.17) is 9.47 Å². The molecule has 1 heterocycles. The second-order valence-electron chi connectivity index (χ2n) is 4.84. The summed E-state index contributed by atoms with van der Waals surface area (Å²) in [7, 11) is 3.59. The number of carbonyl (C=O) groups excluding carboxylic acids is 1. The molecule has 1 aliphatic heterocycles. The Morgan fingerprint density at radius 1 is 1.47 bits per heavy atom. The van der Waals surface area contributed by atoms with Gasteiger partial charge < -0.3 is 19.3 Å². The largest absolute Gasteiger partial charge is 0.376 e. The number of morpholine rings is 1. The highest BCUT2D eigenvalue weighted by Crippen LogP contribution is 2.32. The zero-order chi connectivity index (χ0) is 12.4. The van der Waals surface area contributed by atoms with Crippen molar-refractivity contribution in [3.05, 3.63) is 0 Å². The van der Waals surface area contributed by atoms with E-state index in [0.717, 1.165) is 12.8 Å². The van der Waals surface area contributed by atoms with Crippen LogP contribution >= 0.6 is 0 Å². The molecule has 2 rings (SSSR count). The van der Waals surface area contributed by atoms with Crippen LogP contribution in [0.2, 0.25) is 0 Å². The van der Waals surface area contributed by atoms with E-state index >= 15 is 0 Å². The molecule has 0 aromatic carbocycles. The molecule has 17 heavy (non-hydrogen) atoms. The van der Waals surface area contributed by atoms with Crippen molar-refractivity contribution in [1.29, 1.82) is 0 Å². The number of amides is 2. The van der Waals surface area contributed by atoms with Crippen molar-refractivity contribution >= 4 is 6.03 Å². The first kappa shape index (κ1) is 12.6. The average Bonchev–Trinajstić information content (AvgIpc) is 2.72. The van der Waals surface area contributed by atoms with Gasteiger partial charge in [-0.25, -0.2) is 4.79 Å². The van der Waals surface area contributed by atoms with Gasteiger partial charge in [0, 0.05) is 27.2 Å². The summed E-state index contributed by atoms with van der Waals surface area (Å²) >= 11 is 0. The van der Waals surface area contributed by atoms with Crippen LogP contribution in [0.5, 0.6) is 0 Å². The minimum absolute atomic E-state index is 0.0626. The van der Waals surface area contributed by atoms with Crippen molar-refractivity contribution in [2.45, 2.75) is 38.0 Å². The van der Waals surface area contributed by atoms with Gasteiger partial charge in [0.2, 0.25) is 0 Å². The molecule has 2 aliphatic rings. The molecule has 0 aromatic heterocycles. The molecule has 5 nitrogen and oxygen atoms in total. The lowest BCUT2D eigenvalue weighted by molar-refractivity contribution is -0.102. The normalized spacial score (nSPS) is 32.4. The lowest BCUT2D eigenvalue weighted by Gasteiger charge is -2.40. The van der Waals surface area contributed by atoms with Crippen LogP contribution in [0.4, 0.5) is 4.79 Å². The van der Waals surface area contributed by atoms with Crippen molar-refractivity contribution in [2.75, 3.05) is 33.9 Å². The fourth-order valence-electron chi connectivity index (χ4n) is 2.80. The fourth-order valence-corrected chi connectivity index (χ4v) is 2.80. The molecule has 3 atom stereocenters. The Balaban J connectivity index is 2.05. The second kappa shape index (κ2) is 5.23. The molecule has 0 unspecified atom stereocenters. The molecule has 1 saturated carbocycles. The lowest BCUT2D eigenvalue weighted by atomic mass is 10.1. The van der Waals surface area contributed by atoms with Gasteiger partial charge in [0.25, 0.3) is 0 Å². The zero-order valence-electron chi connectivity index (χ0n) is 10.9. The predicted molar refractivity (Wildman–Crippen MR) is 64.0 cm³/mol. The van der Waals surface area contributed by atoms with E-state index in [1.165, 1.54) is 0 Å². The van der Waals surface area contributed by atoms with Gasteiger partial charge in [0.05, 0.1) is 18.8 Å². The topological polar surface area (TPSA) is 42.0 Å². The Bertz CT molecular complexity index is 283. The summed E-state index contributed by atoms with van der Waals surface area (Å²) in [5, 5.41) is 0. The highest BCUT2D eigenvalue weighted by molar-refractivity contribution is 5.74. The Hall–Kier alpha value is -0.810. The molecular formula is C12H22N2O3. The van der Waals surface area contributed by atoms with Crippen LogP contribution in [0, 0.1) is 0 Å². The Morgan fingerprint density at radius 2 is 2.24 bits per heavy atom. The highest BCUT2D eigenvalue weighted by Gasteiger charge is 2.45. The zero-order valence-corrected chi connectivity index (χ0v) is 10.9. The van der Waals surface area contributed by atoms with E-state index in [2.05, 4.69) is 0 Å². The van der Waals surface area contributed by atoms with Crippen LogP contribution in [0.1, 0.15) is 19.8 Å². The summed E-state index contributed by atoms with van der Waals surface area (Å²) in [5.41, 5.74) is 0. The first-order valence-corrected chi connectivity index (χ1v) is 6.36. The van der Waals surface area contributed by atoms with Crippen LogP contribution in [0.25, 0.3) is 0 Å². The van der Waals surface area contributed by atoms with Crippen LogP contribution in [-0.2, 0) is 9.47 Å². The Morgan fingerprint density at radius 3 is 2.88 bits per heavy atom. The minimum atomic E-state index is 0.0626. The summed E-state index contributed by atoms with van der Waals surface area (Å²) in [6.45, 7) is 4.01. The number of carbonyl (C=O) groups is 1. The van der Waals surface area contributed by atoms with Gasteiger partial charge in [-0.15, -0.1) is 0 Å². The van der Waals surface area contributed by atoms with Gasteiger partial charge in [-0.3, -0.25) is 0 Å². The SMILES string of the molecule is CCO[C@@H]1CC[C@H]2[C@H]1OCCN2C(=O)N(C)C. The second-order valence-corrected chi connectivity index (χ2v) is 4.84. The maximum absolute atomic E-state index is 12.1. The number of rotatable bonds is 2. The van der Waals surface area contributed by atoms with Crippen molar-refractivity contribution in [2.24, 2.45) is 0 Å². The third-order valence-corrected chi connectivity index (χ3v) is 3.54. The molecule has 5 heteroatoms. The summed E-state index contributed by atoms with van der Waals surface area (Å²) < 4.78 is 11.5. The smallest absolute Gasteiger partial charge is 0.319 e. The molecule has 0 radical (unpaired) electrons. The van der Waals surface area contributed by atoms with Crippen molar-refractivity contribution in [3.63, 3.8) is 0 Å². The minimum Gasteiger partial charge on any atom is -0.376 e. The van der Waals surface area contributed by atoms with E-state index in [9.17, 15) is 4.79 Å². The number of hydrogen-bond donors (Lipinski definition) is 0. The van der Waals surface area contributed by atoms with Crippen LogP contribution < -0.4 is 0 Å². The van der Waals surface area contributed by atoms with Crippen molar-refractivity contribution < 1.29 is 14.3 Å². The van der Waals surface area contributed by atoms with Gasteiger partial charge >= 0.3 is 6.03 Å². The number of ether oxygens (including phenoxy) is 2. The molecule has 2 amide bonds. The van der Waals surface area contributed by atoms with Gasteiger partial charge in [0.1, 0.15) is 6.10 Å². The number of fused-ring (bicyclic) bond motifs is 1. The summed E-state index contributed by atoms with van der Waals surface area (Å²) in [6.07, 6.45) is 2.19. The standard InChI is InChI=1S/C12H22N2O3/c1-4-16-10-6-5-9-11(10)17-8-7-14(9)12(15)13(2)3/h9-11H,4-8H2,1-3H3/t9-,10+,11+/m0/s1. The maximum Gasteiger partial charge on any atom is 0.319 e. The Kier molecular flexibility index (Phi) is 3.89. The van der Waals surface area contributed by atoms with Crippen LogP contribution in [-0.4, -0.2) is 67.9 Å². The summed E-state index contributed by atoms with van der Waals surface area (Å²) in [5.74, 6) is 0. The molecule has 0 N–H and O–H groups in total. The molecule has 2 fully saturated rings. The first-order valence-electron chi connectivity index (χ1n) is 6.36. The predicted octanol–water partition coefficient (Wildman–Crippen LogP) is 0.936. The molecule has 0 bridgehead atoms. The van der Waals surface area contributed by atoms with Crippen molar-refractivity contribution in [1.82, 2.24) is 9.80 Å². The number of nitrogens with zero attached hydrogens (tertiary/aromatic N) is 2. The van der Waals surface area contributed by atoms with Gasteiger partial charge in [-0.05, 0) is 19.8 Å². The molecule has 1 aliphatic carbocycles. The monoisotopic (exact) mass is 242 g/mol. The van der Waals surface area contributed by atoms with E-state index < -0.39 is 0 Å². The van der Waals surface area contributed by atoms with E-state index in [0.29, 0.717) is 19.8 Å². The van der Waals surface area contributed by atoms with E-state index in [1.54, 1.807) is 19.0 Å². The molecule has 1 saturated heterocycles. The molecule has 98 valence electrons. The summed E-state index contributed by atoms with van der Waals surface area (Å²) in [4.78, 5) is 15.6. The fraction of sp³-hybridized carbons (Fsp3) is 0.917. The quantitative estimate of drug-likeness (QED) is 0.723. The van der Waals surface area contributed by atoms with E-state index in [-0.39, 0.29) is 24.3 Å². The van der Waals surface area contributed by atoms with E-state index in [1.807, 2.05) is 11.8 Å². The average molecular weight is 242 g/mol. The third kappa shape index (κ3) is 2.40. The van der Waals surface area contributed by atoms with Gasteiger partial charge in [0.15, 0.2) is 0 Å². The first-order chi connectivity index (χ1) is 8.15. The highest BCUT2D eigenvalue weighted by atomic mass is 16.5. The number of hydrogen-bond acceptors (Lipinski definition) is 3. The maximum atomic E-state index is 12.1. The Labute approximate surface area is 103 Å². The summed E-state index contributed by atoms with van der Waals surface area (Å²) in [6, 6.07) is 0.274. The van der Waals surface area contributed by atoms with Gasteiger partial charge in [-0.1, -0.05) is 0 Å². The van der Waals surface area contributed by atoms with Crippen LogP contribution in [0.15, 0.2) is 0 Å². The lowest BCUT2D eigenvalue weighted by Crippen LogP contribution is -2.56. The van der Waals surface area contributed by atoms with Gasteiger partial charge in [-0.2, -0.15) is 0 Å². The number of urea groups is 1. The molecule has 0 spiro atoms. The third-order valence-electron chi connectivity index (χ3n) is 3.54. The van der Waals surface area contributed by atoms with Crippen molar-refractivity contribution in [3.8, 4) is 0 Å². The van der Waals surface area contributed by atoms with Crippen LogP contribution in [0.3, 0.4) is 0 Å².